The highest BCUT2D eigenvalue weighted by molar-refractivity contribution is 5.67. The average molecular weight is 322 g/mol. The number of rotatable bonds is 6. The van der Waals surface area contributed by atoms with Crippen molar-refractivity contribution in [2.75, 3.05) is 6.54 Å². The molecule has 0 radical (unpaired) electrons. The molecule has 1 aliphatic rings. The number of ether oxygens (including phenoxy) is 1. The number of H-pyrrole nitrogens is 1. The van der Waals surface area contributed by atoms with E-state index in [4.69, 9.17) is 4.74 Å². The molecule has 0 aromatic carbocycles. The lowest BCUT2D eigenvalue weighted by Crippen LogP contribution is -2.46. The molecule has 2 atom stereocenters. The van der Waals surface area contributed by atoms with Crippen LogP contribution in [0.25, 0.3) is 0 Å². The number of carbonyl (C=O) groups excluding carboxylic acids is 1. The first kappa shape index (κ1) is 17.8. The van der Waals surface area contributed by atoms with Gasteiger partial charge in [0.1, 0.15) is 5.60 Å². The first-order valence-electron chi connectivity index (χ1n) is 8.57. The molecular formula is C17H30N4O2. The summed E-state index contributed by atoms with van der Waals surface area (Å²) >= 11 is 0. The number of nitrogens with zero attached hydrogens (tertiary/aromatic N) is 1. The molecule has 2 rings (SSSR count). The van der Waals surface area contributed by atoms with Crippen LogP contribution in [0, 0.1) is 5.92 Å². The second-order valence-electron chi connectivity index (χ2n) is 7.43. The van der Waals surface area contributed by atoms with Gasteiger partial charge in [-0.05, 0) is 52.5 Å². The Balaban J connectivity index is 1.90. The molecule has 1 aromatic rings. The Kier molecular flexibility index (Phi) is 6.04. The van der Waals surface area contributed by atoms with Crippen molar-refractivity contribution in [1.29, 1.82) is 0 Å². The van der Waals surface area contributed by atoms with Crippen molar-refractivity contribution in [1.82, 2.24) is 20.8 Å². The van der Waals surface area contributed by atoms with E-state index in [2.05, 4.69) is 27.8 Å². The molecule has 1 aromatic heterocycles. The molecule has 130 valence electrons. The highest BCUT2D eigenvalue weighted by Crippen LogP contribution is 2.28. The summed E-state index contributed by atoms with van der Waals surface area (Å²) in [5.74, 6) is 0.593. The number of alkyl carbamates (subject to hydrolysis) is 1. The minimum Gasteiger partial charge on any atom is -0.444 e. The number of amides is 1. The maximum atomic E-state index is 11.9. The van der Waals surface area contributed by atoms with Gasteiger partial charge in [-0.15, -0.1) is 0 Å². The van der Waals surface area contributed by atoms with Crippen LogP contribution in [-0.2, 0) is 4.74 Å². The molecule has 1 amide bonds. The SMILES string of the molecule is CC(NC(CNC(=O)OC(C)(C)C)C1CCCC1)c1ccn[nH]1. The Morgan fingerprint density at radius 2 is 2.13 bits per heavy atom. The Labute approximate surface area is 138 Å². The quantitative estimate of drug-likeness (QED) is 0.752. The topological polar surface area (TPSA) is 79.0 Å². The molecule has 3 N–H and O–H groups in total. The second kappa shape index (κ2) is 7.81. The summed E-state index contributed by atoms with van der Waals surface area (Å²) in [5, 5.41) is 13.6. The Bertz CT molecular complexity index is 475. The molecule has 1 saturated carbocycles. The van der Waals surface area contributed by atoms with Gasteiger partial charge in [0.25, 0.3) is 0 Å². The van der Waals surface area contributed by atoms with Gasteiger partial charge in [0, 0.05) is 24.8 Å². The van der Waals surface area contributed by atoms with E-state index in [1.165, 1.54) is 25.7 Å². The van der Waals surface area contributed by atoms with Gasteiger partial charge in [-0.1, -0.05) is 12.8 Å². The maximum absolute atomic E-state index is 11.9. The third-order valence-electron chi connectivity index (χ3n) is 4.29. The normalized spacial score (nSPS) is 18.6. The molecule has 2 unspecified atom stereocenters. The minimum atomic E-state index is -0.469. The molecule has 1 heterocycles. The van der Waals surface area contributed by atoms with Crippen molar-refractivity contribution >= 4 is 6.09 Å². The van der Waals surface area contributed by atoms with Crippen LogP contribution in [0.3, 0.4) is 0 Å². The van der Waals surface area contributed by atoms with Crippen LogP contribution in [0.1, 0.15) is 65.1 Å². The van der Waals surface area contributed by atoms with E-state index >= 15 is 0 Å². The van der Waals surface area contributed by atoms with Crippen LogP contribution in [0.5, 0.6) is 0 Å². The summed E-state index contributed by atoms with van der Waals surface area (Å²) in [5.41, 5.74) is 0.592. The van der Waals surface area contributed by atoms with E-state index < -0.39 is 5.60 Å². The van der Waals surface area contributed by atoms with Crippen molar-refractivity contribution in [2.45, 2.75) is 71.1 Å². The molecule has 0 spiro atoms. The summed E-state index contributed by atoms with van der Waals surface area (Å²) in [6.45, 7) is 8.32. The fraction of sp³-hybridized carbons (Fsp3) is 0.765. The summed E-state index contributed by atoms with van der Waals surface area (Å²) in [6, 6.07) is 2.39. The van der Waals surface area contributed by atoms with Crippen molar-refractivity contribution in [3.05, 3.63) is 18.0 Å². The number of nitrogens with one attached hydrogen (secondary N) is 3. The lowest BCUT2D eigenvalue weighted by Gasteiger charge is -2.29. The number of hydrogen-bond donors (Lipinski definition) is 3. The first-order valence-corrected chi connectivity index (χ1v) is 8.57. The van der Waals surface area contributed by atoms with Gasteiger partial charge in [-0.25, -0.2) is 4.79 Å². The van der Waals surface area contributed by atoms with Gasteiger partial charge in [-0.3, -0.25) is 5.10 Å². The fourth-order valence-electron chi connectivity index (χ4n) is 3.15. The van der Waals surface area contributed by atoms with Crippen molar-refractivity contribution in [3.63, 3.8) is 0 Å². The van der Waals surface area contributed by atoms with Gasteiger partial charge < -0.3 is 15.4 Å². The third kappa shape index (κ3) is 5.86. The lowest BCUT2D eigenvalue weighted by atomic mass is 9.97. The van der Waals surface area contributed by atoms with Crippen LogP contribution in [0.4, 0.5) is 4.79 Å². The first-order chi connectivity index (χ1) is 10.8. The zero-order valence-corrected chi connectivity index (χ0v) is 14.7. The third-order valence-corrected chi connectivity index (χ3v) is 4.29. The van der Waals surface area contributed by atoms with Crippen LogP contribution in [-0.4, -0.2) is 34.5 Å². The number of aromatic nitrogens is 2. The zero-order chi connectivity index (χ0) is 16.9. The van der Waals surface area contributed by atoms with E-state index in [-0.39, 0.29) is 18.2 Å². The van der Waals surface area contributed by atoms with E-state index in [9.17, 15) is 4.79 Å². The Hall–Kier alpha value is -1.56. The Morgan fingerprint density at radius 3 is 2.70 bits per heavy atom. The molecule has 1 fully saturated rings. The van der Waals surface area contributed by atoms with Gasteiger partial charge >= 0.3 is 6.09 Å². The van der Waals surface area contributed by atoms with E-state index in [0.29, 0.717) is 12.5 Å². The van der Waals surface area contributed by atoms with Crippen LogP contribution >= 0.6 is 0 Å². The predicted octanol–water partition coefficient (Wildman–Crippen LogP) is 3.14. The standard InChI is InChI=1S/C17H30N4O2/c1-12(14-9-10-19-21-14)20-15(13-7-5-6-8-13)11-18-16(22)23-17(2,3)4/h9-10,12-13,15,20H,5-8,11H2,1-4H3,(H,18,22)(H,19,21). The minimum absolute atomic E-state index is 0.170. The van der Waals surface area contributed by atoms with Gasteiger partial charge in [0.15, 0.2) is 0 Å². The number of aromatic amines is 1. The summed E-state index contributed by atoms with van der Waals surface area (Å²) < 4.78 is 5.33. The number of carbonyl (C=O) groups is 1. The molecule has 0 aliphatic heterocycles. The summed E-state index contributed by atoms with van der Waals surface area (Å²) in [7, 11) is 0. The number of hydrogen-bond acceptors (Lipinski definition) is 4. The van der Waals surface area contributed by atoms with Gasteiger partial charge in [0.2, 0.25) is 0 Å². The van der Waals surface area contributed by atoms with Gasteiger partial charge in [0.05, 0.1) is 5.69 Å². The summed E-state index contributed by atoms with van der Waals surface area (Å²) in [4.78, 5) is 11.9. The van der Waals surface area contributed by atoms with Crippen LogP contribution in [0.15, 0.2) is 12.3 Å². The van der Waals surface area contributed by atoms with Crippen molar-refractivity contribution < 1.29 is 9.53 Å². The van der Waals surface area contributed by atoms with E-state index in [0.717, 1.165) is 5.69 Å². The molecule has 23 heavy (non-hydrogen) atoms. The smallest absolute Gasteiger partial charge is 0.407 e. The second-order valence-corrected chi connectivity index (χ2v) is 7.43. The van der Waals surface area contributed by atoms with E-state index in [1.54, 1.807) is 6.20 Å². The average Bonchev–Trinajstić information content (AvgIpc) is 3.13. The molecule has 0 bridgehead atoms. The predicted molar refractivity (Wildman–Crippen MR) is 90.1 cm³/mol. The zero-order valence-electron chi connectivity index (χ0n) is 14.7. The van der Waals surface area contributed by atoms with Crippen molar-refractivity contribution in [2.24, 2.45) is 5.92 Å². The molecule has 6 heteroatoms. The van der Waals surface area contributed by atoms with Gasteiger partial charge in [-0.2, -0.15) is 5.10 Å². The van der Waals surface area contributed by atoms with Crippen LogP contribution < -0.4 is 10.6 Å². The fourth-order valence-corrected chi connectivity index (χ4v) is 3.15. The highest BCUT2D eigenvalue weighted by Gasteiger charge is 2.27. The largest absolute Gasteiger partial charge is 0.444 e. The maximum Gasteiger partial charge on any atom is 0.407 e. The van der Waals surface area contributed by atoms with E-state index in [1.807, 2.05) is 26.8 Å². The Morgan fingerprint density at radius 1 is 1.43 bits per heavy atom. The monoisotopic (exact) mass is 322 g/mol. The molecule has 1 aliphatic carbocycles. The molecule has 0 saturated heterocycles. The lowest BCUT2D eigenvalue weighted by molar-refractivity contribution is 0.0517. The molecule has 6 nitrogen and oxygen atoms in total. The van der Waals surface area contributed by atoms with Crippen LogP contribution in [0.2, 0.25) is 0 Å². The summed E-state index contributed by atoms with van der Waals surface area (Å²) in [6.07, 6.45) is 6.38. The molecular weight excluding hydrogens is 292 g/mol. The van der Waals surface area contributed by atoms with Crippen molar-refractivity contribution in [3.8, 4) is 0 Å². The highest BCUT2D eigenvalue weighted by atomic mass is 16.6.